The Bertz CT molecular complexity index is 551. The summed E-state index contributed by atoms with van der Waals surface area (Å²) in [5, 5.41) is 4.99. The Balaban J connectivity index is 1.85. The first-order chi connectivity index (χ1) is 9.70. The van der Waals surface area contributed by atoms with E-state index in [2.05, 4.69) is 23.7 Å². The van der Waals surface area contributed by atoms with Crippen molar-refractivity contribution in [3.63, 3.8) is 0 Å². The van der Waals surface area contributed by atoms with Gasteiger partial charge in [-0.2, -0.15) is 0 Å². The second kappa shape index (κ2) is 7.22. The summed E-state index contributed by atoms with van der Waals surface area (Å²) in [6.45, 7) is 2.69. The van der Waals surface area contributed by atoms with Crippen molar-refractivity contribution in [3.05, 3.63) is 57.8 Å². The van der Waals surface area contributed by atoms with E-state index < -0.39 is 6.04 Å². The second-order valence-corrected chi connectivity index (χ2v) is 5.74. The van der Waals surface area contributed by atoms with Gasteiger partial charge in [-0.3, -0.25) is 4.79 Å². The van der Waals surface area contributed by atoms with Crippen LogP contribution < -0.4 is 11.1 Å². The SMILES string of the molecule is CCc1ccsc1CNC(=O)[C@H](N)Cc1ccccc1. The van der Waals surface area contributed by atoms with Crippen LogP contribution in [0.3, 0.4) is 0 Å². The van der Waals surface area contributed by atoms with E-state index in [-0.39, 0.29) is 5.91 Å². The molecule has 0 bridgehead atoms. The number of hydrogen-bond acceptors (Lipinski definition) is 3. The lowest BCUT2D eigenvalue weighted by molar-refractivity contribution is -0.122. The van der Waals surface area contributed by atoms with Crippen molar-refractivity contribution in [1.82, 2.24) is 5.32 Å². The van der Waals surface area contributed by atoms with Crippen molar-refractivity contribution in [1.29, 1.82) is 0 Å². The largest absolute Gasteiger partial charge is 0.350 e. The first kappa shape index (κ1) is 14.8. The standard InChI is InChI=1S/C16H20N2OS/c1-2-13-8-9-20-15(13)11-18-16(19)14(17)10-12-6-4-3-5-7-12/h3-9,14H,2,10-11,17H2,1H3,(H,18,19)/t14-/m1/s1. The molecule has 2 aromatic rings. The quantitative estimate of drug-likeness (QED) is 0.858. The van der Waals surface area contributed by atoms with Crippen LogP contribution in [0.4, 0.5) is 0 Å². The van der Waals surface area contributed by atoms with E-state index in [0.29, 0.717) is 13.0 Å². The van der Waals surface area contributed by atoms with E-state index in [9.17, 15) is 4.79 Å². The van der Waals surface area contributed by atoms with Gasteiger partial charge in [-0.1, -0.05) is 37.3 Å². The van der Waals surface area contributed by atoms with Crippen molar-refractivity contribution in [2.75, 3.05) is 0 Å². The molecule has 1 aromatic heterocycles. The molecule has 20 heavy (non-hydrogen) atoms. The summed E-state index contributed by atoms with van der Waals surface area (Å²) in [5.74, 6) is -0.0932. The number of nitrogens with two attached hydrogens (primary N) is 1. The fourth-order valence-electron chi connectivity index (χ4n) is 2.10. The van der Waals surface area contributed by atoms with Crippen LogP contribution in [-0.2, 0) is 24.2 Å². The Kier molecular flexibility index (Phi) is 5.32. The molecule has 3 nitrogen and oxygen atoms in total. The Morgan fingerprint density at radius 3 is 2.75 bits per heavy atom. The number of carbonyl (C=O) groups is 1. The smallest absolute Gasteiger partial charge is 0.237 e. The molecule has 1 atom stereocenters. The first-order valence-corrected chi connectivity index (χ1v) is 7.71. The van der Waals surface area contributed by atoms with E-state index in [1.165, 1.54) is 10.4 Å². The van der Waals surface area contributed by atoms with Crippen molar-refractivity contribution in [3.8, 4) is 0 Å². The lowest BCUT2D eigenvalue weighted by Gasteiger charge is -2.12. The molecule has 0 spiro atoms. The van der Waals surface area contributed by atoms with Gasteiger partial charge in [-0.15, -0.1) is 11.3 Å². The Morgan fingerprint density at radius 1 is 1.30 bits per heavy atom. The monoisotopic (exact) mass is 288 g/mol. The molecule has 0 aliphatic heterocycles. The molecule has 1 aromatic carbocycles. The molecule has 1 heterocycles. The highest BCUT2D eigenvalue weighted by Crippen LogP contribution is 2.16. The number of carbonyl (C=O) groups excluding carboxylic acids is 1. The number of thiophene rings is 1. The molecule has 0 fully saturated rings. The number of benzene rings is 1. The summed E-state index contributed by atoms with van der Waals surface area (Å²) in [6.07, 6.45) is 1.56. The highest BCUT2D eigenvalue weighted by Gasteiger charge is 2.14. The lowest BCUT2D eigenvalue weighted by Crippen LogP contribution is -2.41. The zero-order chi connectivity index (χ0) is 14.4. The van der Waals surface area contributed by atoms with Gasteiger partial charge in [-0.25, -0.2) is 0 Å². The van der Waals surface area contributed by atoms with Crippen LogP contribution in [0.25, 0.3) is 0 Å². The minimum atomic E-state index is -0.498. The maximum absolute atomic E-state index is 12.0. The summed E-state index contributed by atoms with van der Waals surface area (Å²) in [5.41, 5.74) is 8.33. The second-order valence-electron chi connectivity index (χ2n) is 4.74. The number of aryl methyl sites for hydroxylation is 1. The molecule has 0 aliphatic rings. The first-order valence-electron chi connectivity index (χ1n) is 6.83. The van der Waals surface area contributed by atoms with Crippen LogP contribution in [-0.4, -0.2) is 11.9 Å². The maximum atomic E-state index is 12.0. The fourth-order valence-corrected chi connectivity index (χ4v) is 3.01. The van der Waals surface area contributed by atoms with Gasteiger partial charge in [0.15, 0.2) is 0 Å². The number of rotatable bonds is 6. The third-order valence-electron chi connectivity index (χ3n) is 3.28. The molecule has 4 heteroatoms. The summed E-state index contributed by atoms with van der Waals surface area (Å²) in [7, 11) is 0. The Hall–Kier alpha value is -1.65. The van der Waals surface area contributed by atoms with E-state index in [0.717, 1.165) is 12.0 Å². The summed E-state index contributed by atoms with van der Waals surface area (Å²) in [4.78, 5) is 13.2. The van der Waals surface area contributed by atoms with Crippen LogP contribution in [0.5, 0.6) is 0 Å². The molecule has 0 saturated carbocycles. The summed E-state index contributed by atoms with van der Waals surface area (Å²) >= 11 is 1.68. The van der Waals surface area contributed by atoms with Gasteiger partial charge >= 0.3 is 0 Å². The average Bonchev–Trinajstić information content (AvgIpc) is 2.93. The van der Waals surface area contributed by atoms with Crippen molar-refractivity contribution < 1.29 is 4.79 Å². The van der Waals surface area contributed by atoms with Crippen molar-refractivity contribution >= 4 is 17.2 Å². The third kappa shape index (κ3) is 3.92. The summed E-state index contributed by atoms with van der Waals surface area (Å²) < 4.78 is 0. The number of amides is 1. The van der Waals surface area contributed by atoms with Crippen LogP contribution >= 0.6 is 11.3 Å². The van der Waals surface area contributed by atoms with Crippen molar-refractivity contribution in [2.45, 2.75) is 32.4 Å². The van der Waals surface area contributed by atoms with Crippen molar-refractivity contribution in [2.24, 2.45) is 5.73 Å². The van der Waals surface area contributed by atoms with Gasteiger partial charge in [0.2, 0.25) is 5.91 Å². The maximum Gasteiger partial charge on any atom is 0.237 e. The van der Waals surface area contributed by atoms with Crippen LogP contribution in [0.15, 0.2) is 41.8 Å². The topological polar surface area (TPSA) is 55.1 Å². The van der Waals surface area contributed by atoms with Gasteiger partial charge in [0, 0.05) is 4.88 Å². The Labute approximate surface area is 123 Å². The molecular formula is C16H20N2OS. The van der Waals surface area contributed by atoms with Crippen LogP contribution in [0.2, 0.25) is 0 Å². The number of hydrogen-bond donors (Lipinski definition) is 2. The van der Waals surface area contributed by atoms with Gasteiger partial charge in [0.05, 0.1) is 12.6 Å². The van der Waals surface area contributed by atoms with E-state index in [4.69, 9.17) is 5.73 Å². The molecular weight excluding hydrogens is 268 g/mol. The van der Waals surface area contributed by atoms with Gasteiger partial charge in [0.25, 0.3) is 0 Å². The highest BCUT2D eigenvalue weighted by atomic mass is 32.1. The molecule has 0 unspecified atom stereocenters. The molecule has 0 radical (unpaired) electrons. The molecule has 1 amide bonds. The molecule has 2 rings (SSSR count). The van der Waals surface area contributed by atoms with E-state index >= 15 is 0 Å². The molecule has 0 aliphatic carbocycles. The molecule has 3 N–H and O–H groups in total. The van der Waals surface area contributed by atoms with Crippen LogP contribution in [0, 0.1) is 0 Å². The predicted molar refractivity (Wildman–Crippen MR) is 83.7 cm³/mol. The predicted octanol–water partition coefficient (Wildman–Crippen LogP) is 2.50. The molecule has 106 valence electrons. The average molecular weight is 288 g/mol. The third-order valence-corrected chi connectivity index (χ3v) is 4.24. The number of nitrogens with one attached hydrogen (secondary N) is 1. The zero-order valence-corrected chi connectivity index (χ0v) is 12.5. The van der Waals surface area contributed by atoms with E-state index in [1.807, 2.05) is 30.3 Å². The van der Waals surface area contributed by atoms with Gasteiger partial charge in [0.1, 0.15) is 0 Å². The Morgan fingerprint density at radius 2 is 2.05 bits per heavy atom. The van der Waals surface area contributed by atoms with Crippen LogP contribution in [0.1, 0.15) is 22.9 Å². The summed E-state index contributed by atoms with van der Waals surface area (Å²) in [6, 6.07) is 11.5. The minimum Gasteiger partial charge on any atom is -0.350 e. The van der Waals surface area contributed by atoms with E-state index in [1.54, 1.807) is 11.3 Å². The zero-order valence-electron chi connectivity index (χ0n) is 11.6. The molecule has 0 saturated heterocycles. The normalized spacial score (nSPS) is 12.1. The van der Waals surface area contributed by atoms with Gasteiger partial charge < -0.3 is 11.1 Å². The lowest BCUT2D eigenvalue weighted by atomic mass is 10.1. The van der Waals surface area contributed by atoms with Gasteiger partial charge in [-0.05, 0) is 35.4 Å². The highest BCUT2D eigenvalue weighted by molar-refractivity contribution is 7.10. The fraction of sp³-hybridized carbons (Fsp3) is 0.312. The minimum absolute atomic E-state index is 0.0932.